The Kier molecular flexibility index (Phi) is 6.71. The molecule has 2 aromatic carbocycles. The molecular formula is C26H32N2O3. The van der Waals surface area contributed by atoms with Crippen LogP contribution in [0.5, 0.6) is 5.75 Å². The van der Waals surface area contributed by atoms with Gasteiger partial charge in [-0.3, -0.25) is 14.5 Å². The molecule has 2 aliphatic rings. The minimum atomic E-state index is -0.202. The van der Waals surface area contributed by atoms with Gasteiger partial charge in [-0.25, -0.2) is 0 Å². The molecule has 2 heterocycles. The van der Waals surface area contributed by atoms with Crippen molar-refractivity contribution in [2.45, 2.75) is 58.4 Å². The fraction of sp³-hybridized carbons (Fsp3) is 0.462. The number of benzene rings is 2. The predicted octanol–water partition coefficient (Wildman–Crippen LogP) is 5.40. The first-order chi connectivity index (χ1) is 15.1. The van der Waals surface area contributed by atoms with Gasteiger partial charge in [-0.2, -0.15) is 0 Å². The molecule has 1 atom stereocenters. The van der Waals surface area contributed by atoms with E-state index in [0.29, 0.717) is 35.9 Å². The zero-order chi connectivity index (χ0) is 21.8. The summed E-state index contributed by atoms with van der Waals surface area (Å²) in [4.78, 5) is 28.2. The molecule has 1 saturated heterocycles. The molecule has 0 bridgehead atoms. The van der Waals surface area contributed by atoms with E-state index in [4.69, 9.17) is 4.74 Å². The summed E-state index contributed by atoms with van der Waals surface area (Å²) in [5.41, 5.74) is 4.53. The molecule has 0 aromatic heterocycles. The molecule has 1 N–H and O–H groups in total. The smallest absolute Gasteiger partial charge is 0.255 e. The van der Waals surface area contributed by atoms with Gasteiger partial charge in [0.1, 0.15) is 5.75 Å². The number of amides is 1. The van der Waals surface area contributed by atoms with Crippen LogP contribution in [0.3, 0.4) is 0 Å². The Morgan fingerprint density at radius 1 is 1.10 bits per heavy atom. The number of carbonyl (C=O) groups is 2. The first-order valence-electron chi connectivity index (χ1n) is 11.6. The molecule has 0 radical (unpaired) electrons. The summed E-state index contributed by atoms with van der Waals surface area (Å²) in [7, 11) is 0. The zero-order valence-electron chi connectivity index (χ0n) is 18.6. The van der Waals surface area contributed by atoms with Crippen molar-refractivity contribution >= 4 is 17.4 Å². The van der Waals surface area contributed by atoms with Crippen LogP contribution in [0.1, 0.15) is 83.8 Å². The van der Waals surface area contributed by atoms with Gasteiger partial charge in [0.15, 0.2) is 5.78 Å². The first-order valence-corrected chi connectivity index (χ1v) is 11.6. The molecular weight excluding hydrogens is 388 g/mol. The van der Waals surface area contributed by atoms with E-state index in [2.05, 4.69) is 22.3 Å². The molecule has 1 unspecified atom stereocenters. The third-order valence-corrected chi connectivity index (χ3v) is 6.28. The van der Waals surface area contributed by atoms with Gasteiger partial charge in [-0.1, -0.05) is 19.9 Å². The van der Waals surface area contributed by atoms with Crippen molar-refractivity contribution in [2.24, 2.45) is 0 Å². The van der Waals surface area contributed by atoms with E-state index in [1.165, 1.54) is 30.5 Å². The van der Waals surface area contributed by atoms with Crippen LogP contribution in [0.15, 0.2) is 36.4 Å². The highest BCUT2D eigenvalue weighted by molar-refractivity contribution is 6.07. The van der Waals surface area contributed by atoms with Crippen molar-refractivity contribution in [3.05, 3.63) is 58.7 Å². The quantitative estimate of drug-likeness (QED) is 0.581. The highest BCUT2D eigenvalue weighted by Crippen LogP contribution is 2.38. The van der Waals surface area contributed by atoms with Gasteiger partial charge in [0.05, 0.1) is 12.2 Å². The van der Waals surface area contributed by atoms with Crippen LogP contribution >= 0.6 is 0 Å². The molecule has 0 spiro atoms. The average molecular weight is 421 g/mol. The monoisotopic (exact) mass is 420 g/mol. The molecule has 5 nitrogen and oxygen atoms in total. The molecule has 5 heteroatoms. The number of anilines is 1. The Bertz CT molecular complexity index is 969. The van der Waals surface area contributed by atoms with Crippen LogP contribution in [0, 0.1) is 0 Å². The van der Waals surface area contributed by atoms with E-state index in [0.717, 1.165) is 31.5 Å². The summed E-state index contributed by atoms with van der Waals surface area (Å²) >= 11 is 0. The maximum Gasteiger partial charge on any atom is 0.255 e. The van der Waals surface area contributed by atoms with Crippen molar-refractivity contribution < 1.29 is 14.3 Å². The van der Waals surface area contributed by atoms with Gasteiger partial charge in [-0.15, -0.1) is 0 Å². The fourth-order valence-corrected chi connectivity index (χ4v) is 4.71. The van der Waals surface area contributed by atoms with Gasteiger partial charge in [0.2, 0.25) is 0 Å². The molecule has 0 saturated carbocycles. The molecule has 164 valence electrons. The number of Topliss-reactive ketones (excluding diaryl/α,β-unsaturated/α-hetero) is 1. The highest BCUT2D eigenvalue weighted by atomic mass is 16.5. The van der Waals surface area contributed by atoms with Crippen LogP contribution < -0.4 is 10.1 Å². The van der Waals surface area contributed by atoms with Crippen LogP contribution in [-0.4, -0.2) is 36.3 Å². The number of hydrogen-bond acceptors (Lipinski definition) is 4. The second-order valence-electron chi connectivity index (χ2n) is 8.54. The van der Waals surface area contributed by atoms with Crippen LogP contribution in [0.2, 0.25) is 0 Å². The molecule has 4 rings (SSSR count). The minimum Gasteiger partial charge on any atom is -0.493 e. The van der Waals surface area contributed by atoms with E-state index in [1.54, 1.807) is 18.2 Å². The van der Waals surface area contributed by atoms with Crippen molar-refractivity contribution in [3.8, 4) is 5.75 Å². The van der Waals surface area contributed by atoms with Crippen molar-refractivity contribution in [1.29, 1.82) is 0 Å². The normalized spacial score (nSPS) is 17.7. The van der Waals surface area contributed by atoms with E-state index in [9.17, 15) is 9.59 Å². The molecule has 2 aromatic rings. The predicted molar refractivity (Wildman–Crippen MR) is 123 cm³/mol. The number of nitrogens with one attached hydrogen (secondary N) is 1. The number of fused-ring (bicyclic) bond motifs is 3. The van der Waals surface area contributed by atoms with Gasteiger partial charge >= 0.3 is 0 Å². The van der Waals surface area contributed by atoms with E-state index in [1.807, 2.05) is 19.9 Å². The number of hydrogen-bond donors (Lipinski definition) is 1. The third kappa shape index (κ3) is 4.67. The van der Waals surface area contributed by atoms with Crippen molar-refractivity contribution in [2.75, 3.05) is 25.0 Å². The lowest BCUT2D eigenvalue weighted by Gasteiger charge is -2.32. The van der Waals surface area contributed by atoms with E-state index < -0.39 is 0 Å². The molecule has 1 fully saturated rings. The lowest BCUT2D eigenvalue weighted by molar-refractivity contribution is 0.0977. The molecule has 31 heavy (non-hydrogen) atoms. The second-order valence-corrected chi connectivity index (χ2v) is 8.54. The number of carbonyl (C=O) groups excluding carboxylic acids is 2. The number of ether oxygens (including phenoxy) is 1. The summed E-state index contributed by atoms with van der Waals surface area (Å²) in [5, 5.41) is 3.04. The maximum atomic E-state index is 13.0. The summed E-state index contributed by atoms with van der Waals surface area (Å²) in [6.07, 6.45) is 5.56. The van der Waals surface area contributed by atoms with Crippen LogP contribution in [-0.2, 0) is 6.42 Å². The van der Waals surface area contributed by atoms with Gasteiger partial charge in [0.25, 0.3) is 5.91 Å². The Morgan fingerprint density at radius 2 is 1.97 bits per heavy atom. The lowest BCUT2D eigenvalue weighted by atomic mass is 9.92. The fourth-order valence-electron chi connectivity index (χ4n) is 4.71. The topological polar surface area (TPSA) is 58.6 Å². The molecule has 0 aliphatic carbocycles. The van der Waals surface area contributed by atoms with Crippen LogP contribution in [0.4, 0.5) is 5.69 Å². The molecule has 1 amide bonds. The summed E-state index contributed by atoms with van der Waals surface area (Å²) in [6, 6.07) is 11.9. The van der Waals surface area contributed by atoms with Gasteiger partial charge in [-0.05, 0) is 80.1 Å². The lowest BCUT2D eigenvalue weighted by Crippen LogP contribution is -2.31. The Hall–Kier alpha value is -2.66. The zero-order valence-corrected chi connectivity index (χ0v) is 18.6. The molecule has 2 aliphatic heterocycles. The van der Waals surface area contributed by atoms with E-state index in [-0.39, 0.29) is 11.7 Å². The Balaban J connectivity index is 1.55. The van der Waals surface area contributed by atoms with Gasteiger partial charge in [0, 0.05) is 30.3 Å². The first kappa shape index (κ1) is 21.6. The van der Waals surface area contributed by atoms with Crippen LogP contribution in [0.25, 0.3) is 0 Å². The maximum absolute atomic E-state index is 13.0. The summed E-state index contributed by atoms with van der Waals surface area (Å²) in [5.74, 6) is 0.372. The number of ketones is 1. The third-order valence-electron chi connectivity index (χ3n) is 6.28. The number of rotatable bonds is 8. The highest BCUT2D eigenvalue weighted by Gasteiger charge is 2.31. The number of nitrogens with zero attached hydrogens (tertiary/aromatic N) is 1. The summed E-state index contributed by atoms with van der Waals surface area (Å²) < 4.78 is 5.75. The Morgan fingerprint density at radius 3 is 2.77 bits per heavy atom. The minimum absolute atomic E-state index is 0.0124. The average Bonchev–Trinajstić information content (AvgIpc) is 3.27. The van der Waals surface area contributed by atoms with Gasteiger partial charge < -0.3 is 10.1 Å². The largest absolute Gasteiger partial charge is 0.493 e. The summed E-state index contributed by atoms with van der Waals surface area (Å²) in [6.45, 7) is 6.85. The van der Waals surface area contributed by atoms with Crippen molar-refractivity contribution in [1.82, 2.24) is 4.90 Å². The Labute approximate surface area is 184 Å². The van der Waals surface area contributed by atoms with Crippen molar-refractivity contribution in [3.63, 3.8) is 0 Å². The van der Waals surface area contributed by atoms with E-state index >= 15 is 0 Å². The standard InChI is InChI=1S/C26H32N2O3/c1-3-6-24(29)22-16-19(9-11-25(22)31-15-4-2)26(30)27-20-10-8-18-12-14-28-13-5-7-23(28)21(18)17-20/h8-11,16-17,23H,3-7,12-15H2,1-2H3,(H,27,30). The second kappa shape index (κ2) is 9.65. The SMILES string of the molecule is CCCOc1ccc(C(=O)Nc2ccc3c(c2)C2CCCN2CC3)cc1C(=O)CCC.